The monoisotopic (exact) mass is 609 g/mol. The van der Waals surface area contributed by atoms with Crippen LogP contribution in [-0.2, 0) is 25.6 Å². The Hall–Kier alpha value is -3.36. The van der Waals surface area contributed by atoms with E-state index in [0.717, 1.165) is 6.07 Å². The number of fused-ring (bicyclic) bond motifs is 3. The molecule has 11 nitrogen and oxygen atoms in total. The van der Waals surface area contributed by atoms with Gasteiger partial charge in [0.1, 0.15) is 11.5 Å². The third kappa shape index (κ3) is 4.65. The van der Waals surface area contributed by atoms with E-state index >= 15 is 0 Å². The molecule has 2 saturated carbocycles. The molecule has 1 amide bonds. The van der Waals surface area contributed by atoms with Crippen molar-refractivity contribution in [1.29, 1.82) is 0 Å². The molecule has 3 fully saturated rings. The van der Waals surface area contributed by atoms with E-state index in [9.17, 15) is 47.4 Å². The van der Waals surface area contributed by atoms with Crippen molar-refractivity contribution in [3.63, 3.8) is 0 Å². The second-order valence-electron chi connectivity index (χ2n) is 12.5. The minimum absolute atomic E-state index is 0.0439. The number of alkyl halides is 3. The number of phenolic OH excluding ortho intramolecular Hbond substituents is 1. The lowest BCUT2D eigenvalue weighted by molar-refractivity contribution is -0.275. The van der Waals surface area contributed by atoms with Gasteiger partial charge in [-0.15, -0.1) is 13.2 Å². The minimum atomic E-state index is -5.15. The molecular weight excluding hydrogens is 575 g/mol. The van der Waals surface area contributed by atoms with Crippen molar-refractivity contribution >= 4 is 29.0 Å². The predicted octanol–water partition coefficient (Wildman–Crippen LogP) is 1.31. The van der Waals surface area contributed by atoms with Crippen LogP contribution in [0.15, 0.2) is 6.07 Å². The number of hydrogen-bond acceptors (Lipinski definition) is 10. The smallest absolute Gasteiger partial charge is 0.507 e. The molecule has 43 heavy (non-hydrogen) atoms. The molecule has 5 rings (SSSR count). The van der Waals surface area contributed by atoms with Gasteiger partial charge in [0, 0.05) is 29.1 Å². The van der Waals surface area contributed by atoms with Crippen LogP contribution >= 0.6 is 0 Å². The van der Waals surface area contributed by atoms with Gasteiger partial charge < -0.3 is 20.7 Å². The molecule has 7 atom stereocenters. The number of carbonyl (C=O) groups is 5. The highest BCUT2D eigenvalue weighted by Gasteiger charge is 2.69. The van der Waals surface area contributed by atoms with Crippen molar-refractivity contribution in [2.45, 2.75) is 69.6 Å². The molecule has 234 valence electrons. The summed E-state index contributed by atoms with van der Waals surface area (Å²) in [7, 11) is 2.88. The number of ether oxygens (including phenoxy) is 1. The highest BCUT2D eigenvalue weighted by atomic mass is 19.4. The van der Waals surface area contributed by atoms with Crippen LogP contribution in [0.25, 0.3) is 0 Å². The van der Waals surface area contributed by atoms with Gasteiger partial charge in [0.15, 0.2) is 34.7 Å². The number of hydrogen-bond donors (Lipinski definition) is 3. The van der Waals surface area contributed by atoms with Crippen LogP contribution < -0.4 is 10.5 Å². The lowest BCUT2D eigenvalue weighted by Gasteiger charge is -2.52. The van der Waals surface area contributed by atoms with Crippen LogP contribution in [0.2, 0.25) is 0 Å². The van der Waals surface area contributed by atoms with Gasteiger partial charge in [0.25, 0.3) is 0 Å². The summed E-state index contributed by atoms with van der Waals surface area (Å²) in [4.78, 5) is 69.9. The minimum Gasteiger partial charge on any atom is -0.507 e. The Balaban J connectivity index is 1.68. The summed E-state index contributed by atoms with van der Waals surface area (Å²) >= 11 is 0. The first kappa shape index (κ1) is 31.1. The Morgan fingerprint density at radius 1 is 1.19 bits per heavy atom. The standard InChI is InChI=1S/C29H34F3N3O8/c1-11(2)35-7-5-6-16(35)13-10-17(36)19-14(24(13)43-29(30,31)32)8-12-9-15-21(34(3)4)23(38)20(27(33)41)26(40)28(15,42)25(39)18(12)22(19)37/h10-12,15-16,18,20-21,36,42H,5-9H2,1-4H3,(H2,33,41). The van der Waals surface area contributed by atoms with Gasteiger partial charge in [-0.3, -0.25) is 33.8 Å². The zero-order chi connectivity index (χ0) is 31.9. The van der Waals surface area contributed by atoms with Gasteiger partial charge in [-0.1, -0.05) is 0 Å². The van der Waals surface area contributed by atoms with E-state index in [4.69, 9.17) is 5.73 Å². The average molecular weight is 610 g/mol. The third-order valence-corrected chi connectivity index (χ3v) is 9.57. The number of benzene rings is 1. The van der Waals surface area contributed by atoms with Crippen molar-refractivity contribution in [1.82, 2.24) is 9.80 Å². The first-order valence-corrected chi connectivity index (χ1v) is 14.2. The molecule has 7 unspecified atom stereocenters. The molecule has 3 aliphatic carbocycles. The Kier molecular flexibility index (Phi) is 7.50. The van der Waals surface area contributed by atoms with Gasteiger partial charge in [-0.25, -0.2) is 0 Å². The second kappa shape index (κ2) is 10.4. The van der Waals surface area contributed by atoms with Crippen molar-refractivity contribution < 1.29 is 52.1 Å². The fourth-order valence-corrected chi connectivity index (χ4v) is 7.90. The van der Waals surface area contributed by atoms with Crippen LogP contribution in [0.1, 0.15) is 60.6 Å². The maximum absolute atomic E-state index is 13.9. The Morgan fingerprint density at radius 2 is 1.84 bits per heavy atom. The van der Waals surface area contributed by atoms with Gasteiger partial charge in [-0.2, -0.15) is 0 Å². The molecule has 0 aromatic heterocycles. The number of nitrogens with zero attached hydrogens (tertiary/aromatic N) is 2. The average Bonchev–Trinajstić information content (AvgIpc) is 3.37. The molecule has 0 bridgehead atoms. The maximum atomic E-state index is 13.9. The number of halogens is 3. The largest absolute Gasteiger partial charge is 0.573 e. The number of carbonyl (C=O) groups excluding carboxylic acids is 5. The third-order valence-electron chi connectivity index (χ3n) is 9.57. The van der Waals surface area contributed by atoms with Crippen molar-refractivity contribution in [3.05, 3.63) is 22.8 Å². The maximum Gasteiger partial charge on any atom is 0.573 e. The molecule has 0 spiro atoms. The van der Waals surface area contributed by atoms with Crippen molar-refractivity contribution in [2.75, 3.05) is 20.6 Å². The normalized spacial score (nSPS) is 33.1. The zero-order valence-electron chi connectivity index (χ0n) is 24.1. The molecule has 0 radical (unpaired) electrons. The Labute approximate surface area is 245 Å². The number of aliphatic hydroxyl groups is 1. The number of amides is 1. The molecule has 1 aromatic rings. The van der Waals surface area contributed by atoms with E-state index in [0.29, 0.717) is 19.4 Å². The molecule has 4 aliphatic rings. The summed E-state index contributed by atoms with van der Waals surface area (Å²) in [6.07, 6.45) is -4.61. The van der Waals surface area contributed by atoms with E-state index < -0.39 is 93.8 Å². The lowest BCUT2D eigenvalue weighted by Crippen LogP contribution is -2.74. The predicted molar refractivity (Wildman–Crippen MR) is 142 cm³/mol. The first-order chi connectivity index (χ1) is 19.9. The van der Waals surface area contributed by atoms with Gasteiger partial charge >= 0.3 is 6.36 Å². The summed E-state index contributed by atoms with van der Waals surface area (Å²) in [5.41, 5.74) is 1.66. The van der Waals surface area contributed by atoms with E-state index in [1.807, 2.05) is 18.7 Å². The number of Topliss-reactive ketones (excluding diaryl/α,β-unsaturated/α-hetero) is 4. The van der Waals surface area contributed by atoms with E-state index in [2.05, 4.69) is 4.74 Å². The van der Waals surface area contributed by atoms with E-state index in [1.165, 1.54) is 19.0 Å². The highest BCUT2D eigenvalue weighted by molar-refractivity contribution is 6.32. The fraction of sp³-hybridized carbons (Fsp3) is 0.621. The van der Waals surface area contributed by atoms with Gasteiger partial charge in [-0.05, 0) is 72.2 Å². The van der Waals surface area contributed by atoms with Crippen molar-refractivity contribution in [3.8, 4) is 11.5 Å². The quantitative estimate of drug-likeness (QED) is 0.414. The number of likely N-dealkylation sites (tertiary alicyclic amines) is 1. The number of rotatable bonds is 5. The zero-order valence-corrected chi connectivity index (χ0v) is 24.1. The highest BCUT2D eigenvalue weighted by Crippen LogP contribution is 2.54. The van der Waals surface area contributed by atoms with Gasteiger partial charge in [0.2, 0.25) is 5.91 Å². The van der Waals surface area contributed by atoms with Crippen LogP contribution in [0.4, 0.5) is 13.2 Å². The Morgan fingerprint density at radius 3 is 2.40 bits per heavy atom. The first-order valence-electron chi connectivity index (χ1n) is 14.2. The SMILES string of the molecule is CC(C)N1CCCC1c1cc(O)c2c(c1OC(F)(F)F)CC1CC3C(N(C)C)C(=O)C(C(N)=O)C(=O)C3(O)C(=O)C1C2=O. The summed E-state index contributed by atoms with van der Waals surface area (Å²) < 4.78 is 46.1. The summed E-state index contributed by atoms with van der Waals surface area (Å²) in [5, 5.41) is 22.7. The number of ketones is 4. The second-order valence-corrected chi connectivity index (χ2v) is 12.5. The van der Waals surface area contributed by atoms with Crippen LogP contribution in [-0.4, -0.2) is 93.7 Å². The number of aromatic hydroxyl groups is 1. The molecule has 1 aliphatic heterocycles. The summed E-state index contributed by atoms with van der Waals surface area (Å²) in [6, 6.07) is -0.857. The van der Waals surface area contributed by atoms with E-state index in [1.54, 1.807) is 0 Å². The van der Waals surface area contributed by atoms with Crippen LogP contribution in [0, 0.1) is 23.7 Å². The number of primary amides is 1. The Bertz CT molecular complexity index is 1430. The topological polar surface area (TPSA) is 168 Å². The number of phenols is 1. The lowest BCUT2D eigenvalue weighted by atomic mass is 9.52. The van der Waals surface area contributed by atoms with Gasteiger partial charge in [0.05, 0.1) is 17.5 Å². The molecule has 1 heterocycles. The van der Waals surface area contributed by atoms with Crippen LogP contribution in [0.3, 0.4) is 0 Å². The molecular formula is C29H34F3N3O8. The van der Waals surface area contributed by atoms with Crippen molar-refractivity contribution in [2.24, 2.45) is 29.4 Å². The van der Waals surface area contributed by atoms with E-state index in [-0.39, 0.29) is 30.0 Å². The summed E-state index contributed by atoms with van der Waals surface area (Å²) in [6.45, 7) is 4.38. The van der Waals surface area contributed by atoms with Crippen LogP contribution in [0.5, 0.6) is 11.5 Å². The summed E-state index contributed by atoms with van der Waals surface area (Å²) in [5.74, 6) is -13.6. The fourth-order valence-electron chi connectivity index (χ4n) is 7.90. The molecule has 14 heteroatoms. The molecule has 1 aromatic carbocycles. The molecule has 1 saturated heterocycles. The number of nitrogens with two attached hydrogens (primary N) is 1. The molecule has 4 N–H and O–H groups in total. The number of likely N-dealkylation sites (N-methyl/N-ethyl adjacent to an activating group) is 1.